The largest absolute Gasteiger partial charge is 0.458 e. The number of carbonyl (C=O) groups excluding carboxylic acids is 2. The molecule has 4 heteroatoms. The van der Waals surface area contributed by atoms with E-state index in [1.54, 1.807) is 24.3 Å². The Morgan fingerprint density at radius 3 is 1.70 bits per heavy atom. The molecule has 0 spiro atoms. The molecule has 1 atom stereocenters. The summed E-state index contributed by atoms with van der Waals surface area (Å²) in [6, 6.07) is 23.9. The Morgan fingerprint density at radius 1 is 0.700 bits per heavy atom. The van der Waals surface area contributed by atoms with Crippen LogP contribution in [0.5, 0.6) is 0 Å². The van der Waals surface area contributed by atoms with Gasteiger partial charge in [-0.15, -0.1) is 0 Å². The van der Waals surface area contributed by atoms with E-state index in [0.29, 0.717) is 11.1 Å². The van der Waals surface area contributed by atoms with Gasteiger partial charge in [0.15, 0.2) is 6.10 Å². The topological polar surface area (TPSA) is 52.6 Å². The Bertz CT molecular complexity index is 960. The summed E-state index contributed by atoms with van der Waals surface area (Å²) >= 11 is 0. The molecule has 0 aliphatic carbocycles. The molecular formula is C26H26O4. The fourth-order valence-electron chi connectivity index (χ4n) is 3.05. The first-order valence-corrected chi connectivity index (χ1v) is 10.2. The molecule has 3 rings (SSSR count). The van der Waals surface area contributed by atoms with Crippen molar-refractivity contribution in [1.29, 1.82) is 0 Å². The molecule has 0 aliphatic heterocycles. The number of rotatable bonds is 8. The van der Waals surface area contributed by atoms with Gasteiger partial charge >= 0.3 is 11.9 Å². The van der Waals surface area contributed by atoms with Gasteiger partial charge in [0.05, 0.1) is 11.1 Å². The van der Waals surface area contributed by atoms with E-state index in [2.05, 4.69) is 13.8 Å². The SMILES string of the molecule is CCc1ccc(C(=O)OCC(OC(=O)c2ccc(CC)cc2)c2ccccc2)cc1. The van der Waals surface area contributed by atoms with Gasteiger partial charge in [0, 0.05) is 0 Å². The van der Waals surface area contributed by atoms with E-state index in [-0.39, 0.29) is 6.61 Å². The van der Waals surface area contributed by atoms with Gasteiger partial charge in [-0.25, -0.2) is 9.59 Å². The molecule has 1 unspecified atom stereocenters. The number of aryl methyl sites for hydroxylation is 2. The van der Waals surface area contributed by atoms with Gasteiger partial charge in [0.2, 0.25) is 0 Å². The van der Waals surface area contributed by atoms with Crippen LogP contribution in [0.2, 0.25) is 0 Å². The zero-order valence-electron chi connectivity index (χ0n) is 17.3. The highest BCUT2D eigenvalue weighted by atomic mass is 16.6. The van der Waals surface area contributed by atoms with Crippen LogP contribution >= 0.6 is 0 Å². The second-order valence-corrected chi connectivity index (χ2v) is 7.00. The molecule has 3 aromatic carbocycles. The van der Waals surface area contributed by atoms with Gasteiger partial charge in [-0.1, -0.05) is 68.4 Å². The van der Waals surface area contributed by atoms with Gasteiger partial charge in [-0.2, -0.15) is 0 Å². The van der Waals surface area contributed by atoms with E-state index >= 15 is 0 Å². The number of benzene rings is 3. The molecule has 0 bridgehead atoms. The third-order valence-corrected chi connectivity index (χ3v) is 4.98. The molecule has 30 heavy (non-hydrogen) atoms. The van der Waals surface area contributed by atoms with Crippen LogP contribution < -0.4 is 0 Å². The first-order chi connectivity index (χ1) is 14.6. The van der Waals surface area contributed by atoms with Crippen LogP contribution in [-0.4, -0.2) is 18.5 Å². The maximum absolute atomic E-state index is 12.7. The van der Waals surface area contributed by atoms with Crippen molar-refractivity contribution >= 4 is 11.9 Å². The van der Waals surface area contributed by atoms with Crippen LogP contribution in [0.15, 0.2) is 78.9 Å². The van der Waals surface area contributed by atoms with Crippen molar-refractivity contribution < 1.29 is 19.1 Å². The quantitative estimate of drug-likeness (QED) is 0.463. The van der Waals surface area contributed by atoms with Crippen LogP contribution in [0.1, 0.15) is 57.4 Å². The smallest absolute Gasteiger partial charge is 0.338 e. The summed E-state index contributed by atoms with van der Waals surface area (Å²) in [5.41, 5.74) is 4.01. The lowest BCUT2D eigenvalue weighted by molar-refractivity contribution is -0.00133. The maximum atomic E-state index is 12.7. The van der Waals surface area contributed by atoms with Crippen molar-refractivity contribution in [2.24, 2.45) is 0 Å². The Labute approximate surface area is 177 Å². The molecule has 0 N–H and O–H groups in total. The molecule has 4 nitrogen and oxygen atoms in total. The molecule has 0 radical (unpaired) electrons. The Hall–Kier alpha value is -3.40. The van der Waals surface area contributed by atoms with Crippen LogP contribution in [0.4, 0.5) is 0 Å². The molecule has 0 saturated carbocycles. The van der Waals surface area contributed by atoms with Gasteiger partial charge < -0.3 is 9.47 Å². The van der Waals surface area contributed by atoms with Crippen molar-refractivity contribution in [3.8, 4) is 0 Å². The summed E-state index contributed by atoms with van der Waals surface area (Å²) in [5.74, 6) is -0.892. The van der Waals surface area contributed by atoms with Crippen molar-refractivity contribution in [2.45, 2.75) is 32.8 Å². The summed E-state index contributed by atoms with van der Waals surface area (Å²) in [6.45, 7) is 4.06. The summed E-state index contributed by atoms with van der Waals surface area (Å²) in [7, 11) is 0. The molecule has 0 saturated heterocycles. The minimum atomic E-state index is -0.691. The Morgan fingerprint density at radius 2 is 1.20 bits per heavy atom. The zero-order chi connectivity index (χ0) is 21.3. The molecule has 0 aromatic heterocycles. The minimum Gasteiger partial charge on any atom is -0.458 e. The van der Waals surface area contributed by atoms with Crippen LogP contribution in [0.3, 0.4) is 0 Å². The van der Waals surface area contributed by atoms with Crippen LogP contribution in [0, 0.1) is 0 Å². The minimum absolute atomic E-state index is 0.0584. The summed E-state index contributed by atoms with van der Waals surface area (Å²) in [5, 5.41) is 0. The second-order valence-electron chi connectivity index (χ2n) is 7.00. The lowest BCUT2D eigenvalue weighted by Crippen LogP contribution is -2.19. The fraction of sp³-hybridized carbons (Fsp3) is 0.231. The first kappa shape index (κ1) is 21.3. The molecule has 0 aliphatic rings. The monoisotopic (exact) mass is 402 g/mol. The zero-order valence-corrected chi connectivity index (χ0v) is 17.3. The Balaban J connectivity index is 1.70. The maximum Gasteiger partial charge on any atom is 0.338 e. The van der Waals surface area contributed by atoms with Crippen LogP contribution in [-0.2, 0) is 22.3 Å². The predicted octanol–water partition coefficient (Wildman–Crippen LogP) is 5.57. The average molecular weight is 402 g/mol. The summed E-state index contributed by atoms with van der Waals surface area (Å²) in [6.07, 6.45) is 1.11. The lowest BCUT2D eigenvalue weighted by atomic mass is 10.1. The van der Waals surface area contributed by atoms with E-state index in [1.165, 1.54) is 0 Å². The number of hydrogen-bond donors (Lipinski definition) is 0. The van der Waals surface area contributed by atoms with Crippen molar-refractivity contribution in [1.82, 2.24) is 0 Å². The average Bonchev–Trinajstić information content (AvgIpc) is 2.82. The Kier molecular flexibility index (Phi) is 7.39. The van der Waals surface area contributed by atoms with E-state index in [1.807, 2.05) is 54.6 Å². The summed E-state index contributed by atoms with van der Waals surface area (Å²) < 4.78 is 11.2. The van der Waals surface area contributed by atoms with E-state index in [4.69, 9.17) is 9.47 Å². The molecule has 154 valence electrons. The second kappa shape index (κ2) is 10.4. The number of hydrogen-bond acceptors (Lipinski definition) is 4. The van der Waals surface area contributed by atoms with E-state index in [0.717, 1.165) is 29.5 Å². The van der Waals surface area contributed by atoms with Gasteiger partial charge in [0.1, 0.15) is 6.61 Å². The highest BCUT2D eigenvalue weighted by molar-refractivity contribution is 5.90. The third-order valence-electron chi connectivity index (χ3n) is 4.98. The lowest BCUT2D eigenvalue weighted by Gasteiger charge is -2.18. The van der Waals surface area contributed by atoms with Gasteiger partial charge in [-0.3, -0.25) is 0 Å². The first-order valence-electron chi connectivity index (χ1n) is 10.2. The summed E-state index contributed by atoms with van der Waals surface area (Å²) in [4.78, 5) is 25.1. The number of ether oxygens (including phenoxy) is 2. The molecule has 0 amide bonds. The van der Waals surface area contributed by atoms with E-state index in [9.17, 15) is 9.59 Å². The third kappa shape index (κ3) is 5.57. The number of esters is 2. The van der Waals surface area contributed by atoms with Crippen molar-refractivity contribution in [2.75, 3.05) is 6.61 Å². The molecular weight excluding hydrogens is 376 g/mol. The van der Waals surface area contributed by atoms with Gasteiger partial charge in [-0.05, 0) is 53.8 Å². The van der Waals surface area contributed by atoms with E-state index < -0.39 is 18.0 Å². The normalized spacial score (nSPS) is 11.5. The molecule has 0 fully saturated rings. The van der Waals surface area contributed by atoms with Gasteiger partial charge in [0.25, 0.3) is 0 Å². The fourth-order valence-corrected chi connectivity index (χ4v) is 3.05. The van der Waals surface area contributed by atoms with Crippen molar-refractivity contribution in [3.63, 3.8) is 0 Å². The number of carbonyl (C=O) groups is 2. The molecule has 0 heterocycles. The predicted molar refractivity (Wildman–Crippen MR) is 117 cm³/mol. The molecule has 3 aromatic rings. The van der Waals surface area contributed by atoms with Crippen LogP contribution in [0.25, 0.3) is 0 Å². The standard InChI is InChI=1S/C26H26O4/c1-3-19-10-14-22(15-11-19)25(27)29-18-24(21-8-6-5-7-9-21)30-26(28)23-16-12-20(4-2)13-17-23/h5-17,24H,3-4,18H2,1-2H3. The highest BCUT2D eigenvalue weighted by Gasteiger charge is 2.20. The van der Waals surface area contributed by atoms with Crippen molar-refractivity contribution in [3.05, 3.63) is 107 Å². The highest BCUT2D eigenvalue weighted by Crippen LogP contribution is 2.21.